The molecule has 0 spiro atoms. The standard InChI is InChI=1S/C21H23NO4/c1-4-25-21(23)20-18(17-10-5-6-11-19(17)26-20)14-22(2)13-15-8-7-9-16(12-15)24-3/h5-12H,4,13-14H2,1-3H3/p+1. The second-order valence-corrected chi connectivity index (χ2v) is 6.29. The first-order valence-electron chi connectivity index (χ1n) is 8.74. The Morgan fingerprint density at radius 2 is 1.92 bits per heavy atom. The number of benzene rings is 2. The molecule has 3 aromatic rings. The van der Waals surface area contributed by atoms with Gasteiger partial charge in [0.2, 0.25) is 5.76 Å². The predicted molar refractivity (Wildman–Crippen MR) is 99.5 cm³/mol. The molecule has 3 rings (SSSR count). The number of methoxy groups -OCH3 is 1. The molecule has 136 valence electrons. The van der Waals surface area contributed by atoms with Gasteiger partial charge in [-0.25, -0.2) is 4.79 Å². The van der Waals surface area contributed by atoms with Gasteiger partial charge in [0.25, 0.3) is 0 Å². The summed E-state index contributed by atoms with van der Waals surface area (Å²) in [5.74, 6) is 0.738. The monoisotopic (exact) mass is 354 g/mol. The molecular weight excluding hydrogens is 330 g/mol. The summed E-state index contributed by atoms with van der Waals surface area (Å²) < 4.78 is 16.3. The second kappa shape index (κ2) is 8.06. The van der Waals surface area contributed by atoms with Crippen molar-refractivity contribution in [3.8, 4) is 5.75 Å². The van der Waals surface area contributed by atoms with E-state index >= 15 is 0 Å². The van der Waals surface area contributed by atoms with E-state index in [1.807, 2.05) is 42.5 Å². The topological polar surface area (TPSA) is 53.1 Å². The molecule has 0 saturated carbocycles. The van der Waals surface area contributed by atoms with Crippen LogP contribution in [0.3, 0.4) is 0 Å². The van der Waals surface area contributed by atoms with E-state index in [0.29, 0.717) is 24.5 Å². The van der Waals surface area contributed by atoms with Crippen LogP contribution in [-0.2, 0) is 17.8 Å². The van der Waals surface area contributed by atoms with Gasteiger partial charge in [-0.2, -0.15) is 0 Å². The van der Waals surface area contributed by atoms with E-state index in [9.17, 15) is 4.79 Å². The van der Waals surface area contributed by atoms with Gasteiger partial charge in [0, 0.05) is 10.9 Å². The van der Waals surface area contributed by atoms with Crippen LogP contribution in [0.4, 0.5) is 0 Å². The van der Waals surface area contributed by atoms with Crippen molar-refractivity contribution in [2.45, 2.75) is 20.0 Å². The minimum absolute atomic E-state index is 0.304. The van der Waals surface area contributed by atoms with Crippen LogP contribution in [0.25, 0.3) is 11.0 Å². The highest BCUT2D eigenvalue weighted by molar-refractivity contribution is 5.96. The lowest BCUT2D eigenvalue weighted by molar-refractivity contribution is -0.907. The number of carbonyl (C=O) groups is 1. The van der Waals surface area contributed by atoms with Gasteiger partial charge in [-0.3, -0.25) is 0 Å². The van der Waals surface area contributed by atoms with E-state index in [4.69, 9.17) is 13.9 Å². The Bertz CT molecular complexity index is 900. The average molecular weight is 354 g/mol. The first-order valence-corrected chi connectivity index (χ1v) is 8.74. The zero-order valence-corrected chi connectivity index (χ0v) is 15.4. The Balaban J connectivity index is 1.86. The minimum atomic E-state index is -0.409. The molecule has 2 aromatic carbocycles. The maximum atomic E-state index is 12.3. The number of ether oxygens (including phenoxy) is 2. The molecule has 1 atom stereocenters. The molecule has 0 fully saturated rings. The Labute approximate surface area is 153 Å². The molecule has 0 aliphatic heterocycles. The van der Waals surface area contributed by atoms with E-state index in [1.165, 1.54) is 10.5 Å². The highest BCUT2D eigenvalue weighted by Crippen LogP contribution is 2.26. The first kappa shape index (κ1) is 18.0. The van der Waals surface area contributed by atoms with Gasteiger partial charge in [-0.15, -0.1) is 0 Å². The number of carbonyl (C=O) groups excluding carboxylic acids is 1. The smallest absolute Gasteiger partial charge is 0.374 e. The molecule has 0 bridgehead atoms. The van der Waals surface area contributed by atoms with E-state index < -0.39 is 5.97 Å². The second-order valence-electron chi connectivity index (χ2n) is 6.29. The van der Waals surface area contributed by atoms with Gasteiger partial charge in [0.1, 0.15) is 24.4 Å². The summed E-state index contributed by atoms with van der Waals surface area (Å²) in [6.07, 6.45) is 0. The highest BCUT2D eigenvalue weighted by atomic mass is 16.5. The Hall–Kier alpha value is -2.79. The maximum absolute atomic E-state index is 12.3. The van der Waals surface area contributed by atoms with Crippen molar-refractivity contribution >= 4 is 16.9 Å². The molecule has 0 amide bonds. The first-order chi connectivity index (χ1) is 12.6. The summed E-state index contributed by atoms with van der Waals surface area (Å²) in [7, 11) is 3.76. The van der Waals surface area contributed by atoms with Gasteiger partial charge < -0.3 is 18.8 Å². The third kappa shape index (κ3) is 3.89. The van der Waals surface area contributed by atoms with Crippen molar-refractivity contribution in [1.29, 1.82) is 0 Å². The summed E-state index contributed by atoms with van der Waals surface area (Å²) in [5, 5.41) is 0.959. The Morgan fingerprint density at radius 3 is 2.69 bits per heavy atom. The van der Waals surface area contributed by atoms with Crippen LogP contribution >= 0.6 is 0 Å². The van der Waals surface area contributed by atoms with Crippen LogP contribution < -0.4 is 9.64 Å². The lowest BCUT2D eigenvalue weighted by Gasteiger charge is -2.14. The van der Waals surface area contributed by atoms with Crippen molar-refractivity contribution < 1.29 is 23.6 Å². The van der Waals surface area contributed by atoms with E-state index in [0.717, 1.165) is 23.2 Å². The van der Waals surface area contributed by atoms with Gasteiger partial charge in [0.15, 0.2) is 0 Å². The summed E-state index contributed by atoms with van der Waals surface area (Å²) in [5.41, 5.74) is 2.77. The van der Waals surface area contributed by atoms with Gasteiger partial charge in [-0.05, 0) is 25.1 Å². The highest BCUT2D eigenvalue weighted by Gasteiger charge is 2.24. The number of rotatable bonds is 7. The quantitative estimate of drug-likeness (QED) is 0.663. The van der Waals surface area contributed by atoms with Gasteiger partial charge >= 0.3 is 5.97 Å². The summed E-state index contributed by atoms with van der Waals surface area (Å²) >= 11 is 0. The minimum Gasteiger partial charge on any atom is -0.497 e. The zero-order valence-electron chi connectivity index (χ0n) is 15.4. The fourth-order valence-electron chi connectivity index (χ4n) is 3.13. The third-order valence-corrected chi connectivity index (χ3v) is 4.28. The molecule has 26 heavy (non-hydrogen) atoms. The largest absolute Gasteiger partial charge is 0.497 e. The maximum Gasteiger partial charge on any atom is 0.374 e. The number of fused-ring (bicyclic) bond motifs is 1. The van der Waals surface area contributed by atoms with Crippen molar-refractivity contribution in [2.24, 2.45) is 0 Å². The fourth-order valence-corrected chi connectivity index (χ4v) is 3.13. The number of nitrogens with one attached hydrogen (secondary N) is 1. The number of quaternary nitrogens is 1. The van der Waals surface area contributed by atoms with Crippen LogP contribution in [0.15, 0.2) is 52.9 Å². The SMILES string of the molecule is CCOC(=O)c1oc2ccccc2c1C[NH+](C)Cc1cccc(OC)c1. The molecule has 0 aliphatic rings. The molecule has 5 heteroatoms. The van der Waals surface area contributed by atoms with Crippen LogP contribution in [0.2, 0.25) is 0 Å². The van der Waals surface area contributed by atoms with Gasteiger partial charge in [0.05, 0.1) is 26.3 Å². The van der Waals surface area contributed by atoms with Crippen molar-refractivity contribution in [3.63, 3.8) is 0 Å². The van der Waals surface area contributed by atoms with Crippen LogP contribution in [0.1, 0.15) is 28.6 Å². The zero-order chi connectivity index (χ0) is 18.5. The van der Waals surface area contributed by atoms with Crippen molar-refractivity contribution in [2.75, 3.05) is 20.8 Å². The molecule has 1 heterocycles. The third-order valence-electron chi connectivity index (χ3n) is 4.28. The number of para-hydroxylation sites is 1. The van der Waals surface area contributed by atoms with Crippen LogP contribution in [0, 0.1) is 0 Å². The predicted octanol–water partition coefficient (Wildman–Crippen LogP) is 2.83. The lowest BCUT2D eigenvalue weighted by Crippen LogP contribution is -3.06. The van der Waals surface area contributed by atoms with E-state index in [2.05, 4.69) is 13.1 Å². The molecule has 0 aliphatic carbocycles. The normalized spacial score (nSPS) is 12.1. The molecule has 5 nitrogen and oxygen atoms in total. The average Bonchev–Trinajstić information content (AvgIpc) is 3.01. The number of hydrogen-bond donors (Lipinski definition) is 1. The van der Waals surface area contributed by atoms with Crippen molar-refractivity contribution in [3.05, 3.63) is 65.4 Å². The molecular formula is C21H24NO4+. The molecule has 1 aromatic heterocycles. The number of hydrogen-bond acceptors (Lipinski definition) is 4. The summed E-state index contributed by atoms with van der Waals surface area (Å²) in [4.78, 5) is 13.5. The lowest BCUT2D eigenvalue weighted by atomic mass is 10.1. The molecule has 1 unspecified atom stereocenters. The molecule has 1 N–H and O–H groups in total. The van der Waals surface area contributed by atoms with E-state index in [1.54, 1.807) is 14.0 Å². The van der Waals surface area contributed by atoms with Gasteiger partial charge in [-0.1, -0.05) is 30.3 Å². The van der Waals surface area contributed by atoms with E-state index in [-0.39, 0.29) is 0 Å². The Morgan fingerprint density at radius 1 is 1.12 bits per heavy atom. The summed E-state index contributed by atoms with van der Waals surface area (Å²) in [6, 6.07) is 15.7. The summed E-state index contributed by atoms with van der Waals surface area (Å²) in [6.45, 7) is 3.57. The fraction of sp³-hybridized carbons (Fsp3) is 0.286. The molecule has 0 saturated heterocycles. The van der Waals surface area contributed by atoms with Crippen LogP contribution in [-0.4, -0.2) is 26.7 Å². The molecule has 0 radical (unpaired) electrons. The number of esters is 1. The number of furan rings is 1. The van der Waals surface area contributed by atoms with Crippen LogP contribution in [0.5, 0.6) is 5.75 Å². The van der Waals surface area contributed by atoms with Crippen molar-refractivity contribution in [1.82, 2.24) is 0 Å². The Kier molecular flexibility index (Phi) is 5.58.